The van der Waals surface area contributed by atoms with Gasteiger partial charge in [0.05, 0.1) is 4.90 Å². The van der Waals surface area contributed by atoms with Crippen molar-refractivity contribution in [3.05, 3.63) is 65.7 Å². The van der Waals surface area contributed by atoms with Crippen molar-refractivity contribution in [2.75, 3.05) is 0 Å². The smallest absolute Gasteiger partial charge is 0.254 e. The number of nitrogens with one attached hydrogen (secondary N) is 1. The molecule has 2 aromatic carbocycles. The first-order valence-corrected chi connectivity index (χ1v) is 10.7. The van der Waals surface area contributed by atoms with Crippen LogP contribution in [0, 0.1) is 0 Å². The van der Waals surface area contributed by atoms with Gasteiger partial charge in [0.2, 0.25) is 10.0 Å². The molecule has 1 atom stereocenters. The molecule has 0 fully saturated rings. The SMILES string of the molecule is CCC(C)NS(=O)(=O)c1cccc(C(=O)N(Cc2ccccc2)C(C)C)c1. The zero-order chi connectivity index (χ0) is 20.0. The number of hydrogen-bond donors (Lipinski definition) is 1. The van der Waals surface area contributed by atoms with Crippen LogP contribution in [-0.4, -0.2) is 31.3 Å². The van der Waals surface area contributed by atoms with Crippen LogP contribution in [-0.2, 0) is 16.6 Å². The molecule has 0 radical (unpaired) electrons. The second-order valence-electron chi connectivity index (χ2n) is 6.97. The maximum Gasteiger partial charge on any atom is 0.254 e. The number of sulfonamides is 1. The first-order chi connectivity index (χ1) is 12.7. The molecule has 5 nitrogen and oxygen atoms in total. The van der Waals surface area contributed by atoms with Gasteiger partial charge in [0.15, 0.2) is 0 Å². The summed E-state index contributed by atoms with van der Waals surface area (Å²) in [4.78, 5) is 14.9. The van der Waals surface area contributed by atoms with Gasteiger partial charge in [-0.05, 0) is 51.0 Å². The van der Waals surface area contributed by atoms with Crippen molar-refractivity contribution in [3.8, 4) is 0 Å². The summed E-state index contributed by atoms with van der Waals surface area (Å²) in [5.74, 6) is -0.186. The van der Waals surface area contributed by atoms with Crippen LogP contribution in [0.4, 0.5) is 0 Å². The minimum atomic E-state index is -3.65. The van der Waals surface area contributed by atoms with Crippen molar-refractivity contribution in [2.24, 2.45) is 0 Å². The lowest BCUT2D eigenvalue weighted by molar-refractivity contribution is 0.0690. The van der Waals surface area contributed by atoms with Gasteiger partial charge in [0.25, 0.3) is 5.91 Å². The maximum absolute atomic E-state index is 13.1. The predicted octanol–water partition coefficient (Wildman–Crippen LogP) is 3.81. The fourth-order valence-electron chi connectivity index (χ4n) is 2.65. The highest BCUT2D eigenvalue weighted by Crippen LogP contribution is 2.17. The molecule has 2 aromatic rings. The van der Waals surface area contributed by atoms with Crippen LogP contribution in [0.2, 0.25) is 0 Å². The Morgan fingerprint density at radius 2 is 1.70 bits per heavy atom. The third kappa shape index (κ3) is 5.65. The van der Waals surface area contributed by atoms with Crippen LogP contribution < -0.4 is 4.72 Å². The summed E-state index contributed by atoms with van der Waals surface area (Å²) in [6.07, 6.45) is 0.691. The molecule has 146 valence electrons. The largest absolute Gasteiger partial charge is 0.332 e. The number of carbonyl (C=O) groups excluding carboxylic acids is 1. The minimum absolute atomic E-state index is 0.0174. The molecule has 27 heavy (non-hydrogen) atoms. The van der Waals surface area contributed by atoms with E-state index in [2.05, 4.69) is 4.72 Å². The molecular weight excluding hydrogens is 360 g/mol. The highest BCUT2D eigenvalue weighted by atomic mass is 32.2. The molecule has 0 saturated heterocycles. The van der Waals surface area contributed by atoms with Crippen molar-refractivity contribution in [3.63, 3.8) is 0 Å². The van der Waals surface area contributed by atoms with E-state index in [0.29, 0.717) is 18.5 Å². The molecule has 0 spiro atoms. The van der Waals surface area contributed by atoms with Crippen LogP contribution in [0.15, 0.2) is 59.5 Å². The van der Waals surface area contributed by atoms with Gasteiger partial charge in [0, 0.05) is 24.2 Å². The standard InChI is InChI=1S/C21H28N2O3S/c1-5-17(4)22-27(25,26)20-13-9-12-19(14-20)21(24)23(16(2)3)15-18-10-7-6-8-11-18/h6-14,16-17,22H,5,15H2,1-4H3. The zero-order valence-electron chi connectivity index (χ0n) is 16.3. The van der Waals surface area contributed by atoms with Crippen LogP contribution in [0.1, 0.15) is 50.0 Å². The van der Waals surface area contributed by atoms with Gasteiger partial charge in [-0.1, -0.05) is 43.3 Å². The van der Waals surface area contributed by atoms with Crippen LogP contribution in [0.3, 0.4) is 0 Å². The third-order valence-corrected chi connectivity index (χ3v) is 6.03. The van der Waals surface area contributed by atoms with E-state index in [9.17, 15) is 13.2 Å². The monoisotopic (exact) mass is 388 g/mol. The Morgan fingerprint density at radius 3 is 2.30 bits per heavy atom. The molecule has 2 rings (SSSR count). The fraction of sp³-hybridized carbons (Fsp3) is 0.381. The van der Waals surface area contributed by atoms with Gasteiger partial charge in [-0.3, -0.25) is 4.79 Å². The third-order valence-electron chi connectivity index (χ3n) is 4.44. The van der Waals surface area contributed by atoms with Crippen molar-refractivity contribution in [1.29, 1.82) is 0 Å². The van der Waals surface area contributed by atoms with Crippen molar-refractivity contribution in [2.45, 2.75) is 57.6 Å². The summed E-state index contributed by atoms with van der Waals surface area (Å²) < 4.78 is 27.7. The number of rotatable bonds is 8. The van der Waals surface area contributed by atoms with Crippen molar-refractivity contribution >= 4 is 15.9 Å². The molecule has 0 aliphatic heterocycles. The summed E-state index contributed by atoms with van der Waals surface area (Å²) in [5.41, 5.74) is 1.40. The van der Waals surface area contributed by atoms with E-state index in [1.807, 2.05) is 58.0 Å². The van der Waals surface area contributed by atoms with E-state index in [1.165, 1.54) is 12.1 Å². The van der Waals surface area contributed by atoms with Crippen molar-refractivity contribution < 1.29 is 13.2 Å². The first-order valence-electron chi connectivity index (χ1n) is 9.22. The Morgan fingerprint density at radius 1 is 1.04 bits per heavy atom. The van der Waals surface area contributed by atoms with Gasteiger partial charge >= 0.3 is 0 Å². The van der Waals surface area contributed by atoms with Crippen LogP contribution >= 0.6 is 0 Å². The first kappa shape index (κ1) is 21.1. The lowest BCUT2D eigenvalue weighted by atomic mass is 10.1. The molecule has 0 aromatic heterocycles. The normalized spacial score (nSPS) is 12.8. The van der Waals surface area contributed by atoms with E-state index in [1.54, 1.807) is 17.0 Å². The minimum Gasteiger partial charge on any atom is -0.332 e. The Labute approximate surface area is 162 Å². The number of amides is 1. The number of benzene rings is 2. The lowest BCUT2D eigenvalue weighted by Crippen LogP contribution is -2.36. The van der Waals surface area contributed by atoms with Crippen LogP contribution in [0.5, 0.6) is 0 Å². The Balaban J connectivity index is 2.29. The number of hydrogen-bond acceptors (Lipinski definition) is 3. The molecule has 0 saturated carbocycles. The lowest BCUT2D eigenvalue weighted by Gasteiger charge is -2.27. The molecule has 0 aliphatic rings. The van der Waals surface area contributed by atoms with Gasteiger partial charge < -0.3 is 4.90 Å². The molecule has 1 N–H and O–H groups in total. The van der Waals surface area contributed by atoms with E-state index < -0.39 is 10.0 Å². The van der Waals surface area contributed by atoms with E-state index in [4.69, 9.17) is 0 Å². The Bertz CT molecular complexity index is 864. The molecule has 0 aliphatic carbocycles. The summed E-state index contributed by atoms with van der Waals surface area (Å²) >= 11 is 0. The predicted molar refractivity (Wildman–Crippen MR) is 108 cm³/mol. The van der Waals surface area contributed by atoms with E-state index in [-0.39, 0.29) is 22.9 Å². The van der Waals surface area contributed by atoms with Crippen LogP contribution in [0.25, 0.3) is 0 Å². The topological polar surface area (TPSA) is 66.5 Å². The van der Waals surface area contributed by atoms with Gasteiger partial charge in [-0.2, -0.15) is 0 Å². The van der Waals surface area contributed by atoms with Gasteiger partial charge in [0.1, 0.15) is 0 Å². The quantitative estimate of drug-likeness (QED) is 0.748. The number of carbonyl (C=O) groups is 1. The second-order valence-corrected chi connectivity index (χ2v) is 8.68. The summed E-state index contributed by atoms with van der Waals surface area (Å²) in [6.45, 7) is 8.10. The fourth-order valence-corrected chi connectivity index (χ4v) is 4.02. The molecule has 1 unspecified atom stereocenters. The summed E-state index contributed by atoms with van der Waals surface area (Å²) in [7, 11) is -3.65. The molecule has 6 heteroatoms. The average Bonchev–Trinajstić information content (AvgIpc) is 2.66. The summed E-state index contributed by atoms with van der Waals surface area (Å²) in [5, 5.41) is 0. The molecule has 0 heterocycles. The van der Waals surface area contributed by atoms with Gasteiger partial charge in [-0.25, -0.2) is 13.1 Å². The van der Waals surface area contributed by atoms with Gasteiger partial charge in [-0.15, -0.1) is 0 Å². The summed E-state index contributed by atoms with van der Waals surface area (Å²) in [6, 6.07) is 15.8. The Hall–Kier alpha value is -2.18. The average molecular weight is 389 g/mol. The van der Waals surface area contributed by atoms with E-state index >= 15 is 0 Å². The number of nitrogens with zero attached hydrogens (tertiary/aromatic N) is 1. The zero-order valence-corrected chi connectivity index (χ0v) is 17.2. The van der Waals surface area contributed by atoms with Crippen molar-refractivity contribution in [1.82, 2.24) is 9.62 Å². The Kier molecular flexibility index (Phi) is 7.16. The highest BCUT2D eigenvalue weighted by Gasteiger charge is 2.22. The molecular formula is C21H28N2O3S. The van der Waals surface area contributed by atoms with E-state index in [0.717, 1.165) is 5.56 Å². The second kappa shape index (κ2) is 9.15. The maximum atomic E-state index is 13.1. The molecule has 0 bridgehead atoms. The molecule has 1 amide bonds. The highest BCUT2D eigenvalue weighted by molar-refractivity contribution is 7.89.